The van der Waals surface area contributed by atoms with Crippen molar-refractivity contribution in [3.05, 3.63) is 62.7 Å². The molecule has 0 saturated carbocycles. The molecule has 0 aliphatic carbocycles. The van der Waals surface area contributed by atoms with E-state index >= 15 is 0 Å². The number of hydrogen-bond acceptors (Lipinski definition) is 5. The molecular formula is C16H16ClN3O5S. The Hall–Kier alpha value is -2.65. The lowest BCUT2D eigenvalue weighted by Gasteiger charge is -2.14. The smallest absolute Gasteiger partial charge is 0.270 e. The molecule has 1 N–H and O–H groups in total. The quantitative estimate of drug-likeness (QED) is 0.615. The summed E-state index contributed by atoms with van der Waals surface area (Å²) in [6.45, 7) is 1.52. The molecule has 2 aromatic carbocycles. The maximum Gasteiger partial charge on any atom is 0.270 e. The molecule has 10 heteroatoms. The largest absolute Gasteiger partial charge is 0.345 e. The SMILES string of the molecule is Cc1ccc([N+](=O)[O-])cc1S(=O)(=O)Nc1cc(C(=O)N(C)C)ccc1Cl. The maximum absolute atomic E-state index is 12.7. The number of amides is 1. The Bertz CT molecular complexity index is 989. The molecule has 0 spiro atoms. The minimum Gasteiger partial charge on any atom is -0.345 e. The molecule has 0 atom stereocenters. The van der Waals surface area contributed by atoms with Gasteiger partial charge in [0.15, 0.2) is 0 Å². The number of carbonyl (C=O) groups is 1. The van der Waals surface area contributed by atoms with E-state index in [9.17, 15) is 23.3 Å². The third kappa shape index (κ3) is 4.12. The topological polar surface area (TPSA) is 110 Å². The van der Waals surface area contributed by atoms with Crippen LogP contribution in [0.2, 0.25) is 5.02 Å². The summed E-state index contributed by atoms with van der Waals surface area (Å²) in [5.41, 5.74) is 0.233. The molecule has 0 saturated heterocycles. The summed E-state index contributed by atoms with van der Waals surface area (Å²) >= 11 is 6.04. The van der Waals surface area contributed by atoms with Crippen LogP contribution in [0.1, 0.15) is 15.9 Å². The molecule has 0 aromatic heterocycles. The average Bonchev–Trinajstić information content (AvgIpc) is 2.55. The fourth-order valence-corrected chi connectivity index (χ4v) is 3.74. The van der Waals surface area contributed by atoms with Gasteiger partial charge in [0.25, 0.3) is 21.6 Å². The van der Waals surface area contributed by atoms with Gasteiger partial charge >= 0.3 is 0 Å². The molecule has 2 rings (SSSR count). The summed E-state index contributed by atoms with van der Waals surface area (Å²) in [6, 6.07) is 7.73. The van der Waals surface area contributed by atoms with Gasteiger partial charge in [0.1, 0.15) is 0 Å². The van der Waals surface area contributed by atoms with Crippen molar-refractivity contribution in [2.45, 2.75) is 11.8 Å². The molecule has 0 fully saturated rings. The molecule has 0 bridgehead atoms. The molecular weight excluding hydrogens is 382 g/mol. The number of nitrogens with one attached hydrogen (secondary N) is 1. The van der Waals surface area contributed by atoms with Crippen LogP contribution in [0.4, 0.5) is 11.4 Å². The van der Waals surface area contributed by atoms with E-state index in [1.54, 1.807) is 14.1 Å². The van der Waals surface area contributed by atoms with E-state index in [1.807, 2.05) is 0 Å². The second-order valence-electron chi connectivity index (χ2n) is 5.71. The summed E-state index contributed by atoms with van der Waals surface area (Å²) in [4.78, 5) is 23.4. The van der Waals surface area contributed by atoms with Crippen LogP contribution < -0.4 is 4.72 Å². The number of sulfonamides is 1. The molecule has 1 amide bonds. The highest BCUT2D eigenvalue weighted by molar-refractivity contribution is 7.92. The predicted octanol–water partition coefficient (Wildman–Crippen LogP) is 3.06. The van der Waals surface area contributed by atoms with E-state index in [0.717, 1.165) is 6.07 Å². The first-order chi connectivity index (χ1) is 12.0. The normalized spacial score (nSPS) is 11.1. The van der Waals surface area contributed by atoms with Crippen molar-refractivity contribution in [2.75, 3.05) is 18.8 Å². The van der Waals surface area contributed by atoms with Gasteiger partial charge in [-0.15, -0.1) is 0 Å². The monoisotopic (exact) mass is 397 g/mol. The number of non-ortho nitro benzene ring substituents is 1. The van der Waals surface area contributed by atoms with E-state index in [0.29, 0.717) is 5.56 Å². The fourth-order valence-electron chi connectivity index (χ4n) is 2.19. The van der Waals surface area contributed by atoms with E-state index in [-0.39, 0.29) is 32.8 Å². The molecule has 0 aliphatic heterocycles. The van der Waals surface area contributed by atoms with Crippen LogP contribution >= 0.6 is 11.6 Å². The van der Waals surface area contributed by atoms with Crippen molar-refractivity contribution in [3.8, 4) is 0 Å². The van der Waals surface area contributed by atoms with Crippen LogP contribution in [-0.4, -0.2) is 38.2 Å². The van der Waals surface area contributed by atoms with Gasteiger partial charge in [-0.2, -0.15) is 0 Å². The van der Waals surface area contributed by atoms with Crippen LogP contribution in [0.15, 0.2) is 41.3 Å². The summed E-state index contributed by atoms with van der Waals surface area (Å²) in [7, 11) is -1.02. The van der Waals surface area contributed by atoms with Gasteiger partial charge in [-0.05, 0) is 30.7 Å². The van der Waals surface area contributed by atoms with Gasteiger partial charge in [0.05, 0.1) is 20.5 Å². The standard InChI is InChI=1S/C16H16ClN3O5S/c1-10-4-6-12(20(22)23)9-15(10)26(24,25)18-14-8-11(5-7-13(14)17)16(21)19(2)3/h4-9,18H,1-3H3. The first kappa shape index (κ1) is 19.7. The van der Waals surface area contributed by atoms with Gasteiger partial charge in [-0.25, -0.2) is 8.42 Å². The number of carbonyl (C=O) groups excluding carboxylic acids is 1. The number of nitro benzene ring substituents is 1. The Kier molecular flexibility index (Phi) is 5.53. The number of nitrogens with zero attached hydrogens (tertiary/aromatic N) is 2. The third-order valence-corrected chi connectivity index (χ3v) is 5.37. The second-order valence-corrected chi connectivity index (χ2v) is 7.76. The first-order valence-corrected chi connectivity index (χ1v) is 9.18. The summed E-state index contributed by atoms with van der Waals surface area (Å²) < 4.78 is 27.6. The number of hydrogen-bond donors (Lipinski definition) is 1. The molecule has 0 aliphatic rings. The van der Waals surface area contributed by atoms with Crippen molar-refractivity contribution < 1.29 is 18.1 Å². The molecule has 0 heterocycles. The highest BCUT2D eigenvalue weighted by Gasteiger charge is 2.22. The molecule has 0 unspecified atom stereocenters. The zero-order chi connectivity index (χ0) is 19.6. The van der Waals surface area contributed by atoms with Gasteiger partial charge in [-0.3, -0.25) is 19.6 Å². The third-order valence-electron chi connectivity index (χ3n) is 3.54. The number of halogens is 1. The summed E-state index contributed by atoms with van der Waals surface area (Å²) in [6.07, 6.45) is 0. The predicted molar refractivity (Wildman–Crippen MR) is 98.1 cm³/mol. The van der Waals surface area contributed by atoms with Gasteiger partial charge < -0.3 is 4.90 Å². The van der Waals surface area contributed by atoms with E-state index < -0.39 is 14.9 Å². The van der Waals surface area contributed by atoms with Crippen molar-refractivity contribution in [2.24, 2.45) is 0 Å². The van der Waals surface area contributed by atoms with E-state index in [2.05, 4.69) is 4.72 Å². The fraction of sp³-hybridized carbons (Fsp3) is 0.188. The number of benzene rings is 2. The van der Waals surface area contributed by atoms with Crippen LogP contribution in [0.3, 0.4) is 0 Å². The van der Waals surface area contributed by atoms with Gasteiger partial charge in [0.2, 0.25) is 0 Å². The zero-order valence-electron chi connectivity index (χ0n) is 14.2. The Labute approximate surface area is 155 Å². The van der Waals surface area contributed by atoms with Crippen LogP contribution in [0.5, 0.6) is 0 Å². The minimum atomic E-state index is -4.15. The second kappa shape index (κ2) is 7.30. The van der Waals surface area contributed by atoms with Crippen LogP contribution in [0.25, 0.3) is 0 Å². The van der Waals surface area contributed by atoms with Crippen molar-refractivity contribution in [3.63, 3.8) is 0 Å². The lowest BCUT2D eigenvalue weighted by atomic mass is 10.2. The minimum absolute atomic E-state index is 0.00488. The van der Waals surface area contributed by atoms with E-state index in [4.69, 9.17) is 11.6 Å². The zero-order valence-corrected chi connectivity index (χ0v) is 15.8. The molecule has 2 aromatic rings. The highest BCUT2D eigenvalue weighted by Crippen LogP contribution is 2.28. The van der Waals surface area contributed by atoms with E-state index in [1.165, 1.54) is 42.2 Å². The van der Waals surface area contributed by atoms with Crippen molar-refractivity contribution >= 4 is 38.9 Å². The first-order valence-electron chi connectivity index (χ1n) is 7.32. The highest BCUT2D eigenvalue weighted by atomic mass is 35.5. The Morgan fingerprint density at radius 3 is 2.42 bits per heavy atom. The number of nitro groups is 1. The lowest BCUT2D eigenvalue weighted by Crippen LogP contribution is -2.22. The average molecular weight is 398 g/mol. The summed E-state index contributed by atoms with van der Waals surface area (Å²) in [5.74, 6) is -0.325. The van der Waals surface area contributed by atoms with Gasteiger partial charge in [-0.1, -0.05) is 17.7 Å². The number of anilines is 1. The Balaban J connectivity index is 2.47. The number of rotatable bonds is 5. The Morgan fingerprint density at radius 2 is 1.85 bits per heavy atom. The Morgan fingerprint density at radius 1 is 1.19 bits per heavy atom. The van der Waals surface area contributed by atoms with Gasteiger partial charge in [0, 0.05) is 31.8 Å². The maximum atomic E-state index is 12.7. The summed E-state index contributed by atoms with van der Waals surface area (Å²) in [5, 5.41) is 11.0. The van der Waals surface area contributed by atoms with Crippen molar-refractivity contribution in [1.82, 2.24) is 4.90 Å². The molecule has 8 nitrogen and oxygen atoms in total. The molecule has 0 radical (unpaired) electrons. The van der Waals surface area contributed by atoms with Crippen LogP contribution in [-0.2, 0) is 10.0 Å². The molecule has 138 valence electrons. The lowest BCUT2D eigenvalue weighted by molar-refractivity contribution is -0.385. The molecule has 26 heavy (non-hydrogen) atoms. The van der Waals surface area contributed by atoms with Crippen molar-refractivity contribution in [1.29, 1.82) is 0 Å². The van der Waals surface area contributed by atoms with Crippen LogP contribution in [0, 0.1) is 17.0 Å². The number of aryl methyl sites for hydroxylation is 1.